The molecule has 0 aliphatic heterocycles. The molecule has 2 aromatic rings. The molecule has 0 spiro atoms. The molecule has 4 nitrogen and oxygen atoms in total. The van der Waals surface area contributed by atoms with Crippen LogP contribution in [0.25, 0.3) is 0 Å². The van der Waals surface area contributed by atoms with Crippen LogP contribution in [0.4, 0.5) is 0 Å². The molecule has 0 atom stereocenters. The van der Waals surface area contributed by atoms with Crippen LogP contribution in [-0.4, -0.2) is 16.7 Å². The van der Waals surface area contributed by atoms with Crippen LogP contribution in [0.1, 0.15) is 22.8 Å². The fourth-order valence-electron chi connectivity index (χ4n) is 1.63. The van der Waals surface area contributed by atoms with Crippen molar-refractivity contribution >= 4 is 23.2 Å². The molecule has 0 radical (unpaired) electrons. The quantitative estimate of drug-likeness (QED) is 0.673. The molecule has 0 heterocycles. The van der Waals surface area contributed by atoms with Gasteiger partial charge in [0, 0.05) is 5.02 Å². The average molecular weight is 289 g/mol. The lowest BCUT2D eigenvalue weighted by atomic mass is 10.1. The number of halogens is 1. The molecule has 2 aromatic carbocycles. The Labute approximate surface area is 121 Å². The third kappa shape index (κ3) is 3.36. The van der Waals surface area contributed by atoms with Gasteiger partial charge in [-0.3, -0.25) is 4.79 Å². The van der Waals surface area contributed by atoms with E-state index in [2.05, 4.69) is 10.5 Å². The van der Waals surface area contributed by atoms with Gasteiger partial charge in [0.05, 0.1) is 11.3 Å². The molecule has 2 N–H and O–H groups in total. The Hall–Kier alpha value is -2.33. The van der Waals surface area contributed by atoms with Crippen molar-refractivity contribution in [3.05, 3.63) is 64.7 Å². The summed E-state index contributed by atoms with van der Waals surface area (Å²) in [6.07, 6.45) is 0. The van der Waals surface area contributed by atoms with Crippen LogP contribution in [0.3, 0.4) is 0 Å². The number of carbonyl (C=O) groups is 1. The van der Waals surface area contributed by atoms with Crippen LogP contribution >= 0.6 is 11.6 Å². The van der Waals surface area contributed by atoms with Crippen molar-refractivity contribution in [2.45, 2.75) is 6.92 Å². The molecule has 0 aromatic heterocycles. The van der Waals surface area contributed by atoms with Gasteiger partial charge in [-0.05, 0) is 30.7 Å². The Bertz CT molecular complexity index is 654. The number of amides is 1. The molecule has 0 unspecified atom stereocenters. The fraction of sp³-hybridized carbons (Fsp3) is 0.0667. The van der Waals surface area contributed by atoms with Crippen molar-refractivity contribution in [2.24, 2.45) is 5.10 Å². The van der Waals surface area contributed by atoms with Gasteiger partial charge >= 0.3 is 0 Å². The van der Waals surface area contributed by atoms with Gasteiger partial charge < -0.3 is 5.11 Å². The lowest BCUT2D eigenvalue weighted by Crippen LogP contribution is -2.19. The summed E-state index contributed by atoms with van der Waals surface area (Å²) in [4.78, 5) is 11.9. The van der Waals surface area contributed by atoms with E-state index in [4.69, 9.17) is 11.6 Å². The summed E-state index contributed by atoms with van der Waals surface area (Å²) >= 11 is 5.79. The van der Waals surface area contributed by atoms with E-state index >= 15 is 0 Å². The first-order valence-corrected chi connectivity index (χ1v) is 6.34. The minimum absolute atomic E-state index is 0.0853. The Balaban J connectivity index is 2.14. The molecule has 0 aliphatic rings. The van der Waals surface area contributed by atoms with Gasteiger partial charge in [0.1, 0.15) is 5.75 Å². The zero-order chi connectivity index (χ0) is 14.5. The SMILES string of the molecule is CC(=NNC(=O)c1cc(Cl)ccc1O)c1ccccc1. The number of benzene rings is 2. The van der Waals surface area contributed by atoms with Gasteiger partial charge in [0.25, 0.3) is 5.91 Å². The van der Waals surface area contributed by atoms with Gasteiger partial charge in [0.15, 0.2) is 0 Å². The first-order chi connectivity index (χ1) is 9.58. The van der Waals surface area contributed by atoms with Gasteiger partial charge in [-0.15, -0.1) is 0 Å². The summed E-state index contributed by atoms with van der Waals surface area (Å²) in [6, 6.07) is 13.7. The molecule has 0 fully saturated rings. The monoisotopic (exact) mass is 288 g/mol. The van der Waals surface area contributed by atoms with Gasteiger partial charge in [-0.25, -0.2) is 5.43 Å². The number of phenolic OH excluding ortho intramolecular Hbond substituents is 1. The van der Waals surface area contributed by atoms with E-state index in [1.165, 1.54) is 18.2 Å². The second-order valence-corrected chi connectivity index (χ2v) is 4.60. The highest BCUT2D eigenvalue weighted by molar-refractivity contribution is 6.31. The van der Waals surface area contributed by atoms with Crippen LogP contribution in [-0.2, 0) is 0 Å². The predicted octanol–water partition coefficient (Wildman–Crippen LogP) is 3.20. The zero-order valence-electron chi connectivity index (χ0n) is 10.8. The highest BCUT2D eigenvalue weighted by atomic mass is 35.5. The molecule has 0 bridgehead atoms. The Morgan fingerprint density at radius 1 is 1.20 bits per heavy atom. The predicted molar refractivity (Wildman–Crippen MR) is 79.2 cm³/mol. The maximum absolute atomic E-state index is 11.9. The van der Waals surface area contributed by atoms with Crippen molar-refractivity contribution in [1.82, 2.24) is 5.43 Å². The fourth-order valence-corrected chi connectivity index (χ4v) is 1.80. The molecule has 1 amide bonds. The van der Waals surface area contributed by atoms with Gasteiger partial charge in [-0.1, -0.05) is 41.9 Å². The Morgan fingerprint density at radius 2 is 1.90 bits per heavy atom. The average Bonchev–Trinajstić information content (AvgIpc) is 2.47. The van der Waals surface area contributed by atoms with Crippen LogP contribution in [0.15, 0.2) is 53.6 Å². The Morgan fingerprint density at radius 3 is 2.60 bits per heavy atom. The summed E-state index contributed by atoms with van der Waals surface area (Å²) in [7, 11) is 0. The molecule has 20 heavy (non-hydrogen) atoms. The molecular formula is C15H13ClN2O2. The molecule has 5 heteroatoms. The smallest absolute Gasteiger partial charge is 0.275 e. The van der Waals surface area contributed by atoms with E-state index in [0.717, 1.165) is 5.56 Å². The van der Waals surface area contributed by atoms with Crippen molar-refractivity contribution in [3.63, 3.8) is 0 Å². The highest BCUT2D eigenvalue weighted by Gasteiger charge is 2.11. The molecule has 2 rings (SSSR count). The Kier molecular flexibility index (Phi) is 4.38. The molecule has 0 saturated carbocycles. The largest absolute Gasteiger partial charge is 0.507 e. The number of phenols is 1. The number of carbonyl (C=O) groups excluding carboxylic acids is 1. The second kappa shape index (κ2) is 6.21. The van der Waals surface area contributed by atoms with Crippen molar-refractivity contribution in [3.8, 4) is 5.75 Å². The van der Waals surface area contributed by atoms with E-state index in [9.17, 15) is 9.90 Å². The van der Waals surface area contributed by atoms with Crippen LogP contribution < -0.4 is 5.43 Å². The van der Waals surface area contributed by atoms with Crippen LogP contribution in [0.2, 0.25) is 5.02 Å². The second-order valence-electron chi connectivity index (χ2n) is 4.17. The standard InChI is InChI=1S/C15H13ClN2O2/c1-10(11-5-3-2-4-6-11)17-18-15(20)13-9-12(16)7-8-14(13)19/h2-9,19H,1H3,(H,18,20). The molecule has 0 aliphatic carbocycles. The summed E-state index contributed by atoms with van der Waals surface area (Å²) in [5.74, 6) is -0.653. The van der Waals surface area contributed by atoms with Crippen LogP contribution in [0.5, 0.6) is 5.75 Å². The van der Waals surface area contributed by atoms with Crippen LogP contribution in [0, 0.1) is 0 Å². The van der Waals surface area contributed by atoms with Gasteiger partial charge in [-0.2, -0.15) is 5.10 Å². The number of hydrogen-bond acceptors (Lipinski definition) is 3. The van der Waals surface area contributed by atoms with Crippen molar-refractivity contribution in [2.75, 3.05) is 0 Å². The first kappa shape index (κ1) is 14.1. The first-order valence-electron chi connectivity index (χ1n) is 5.96. The van der Waals surface area contributed by atoms with E-state index in [1.807, 2.05) is 30.3 Å². The summed E-state index contributed by atoms with van der Waals surface area (Å²) in [6.45, 7) is 1.79. The highest BCUT2D eigenvalue weighted by Crippen LogP contribution is 2.21. The van der Waals surface area contributed by atoms with Crippen molar-refractivity contribution in [1.29, 1.82) is 0 Å². The maximum Gasteiger partial charge on any atom is 0.275 e. The lowest BCUT2D eigenvalue weighted by molar-refractivity contribution is 0.0952. The number of hydrazone groups is 1. The third-order valence-corrected chi connectivity index (χ3v) is 2.96. The normalized spacial score (nSPS) is 11.2. The maximum atomic E-state index is 11.9. The van der Waals surface area contributed by atoms with E-state index < -0.39 is 5.91 Å². The van der Waals surface area contributed by atoms with Crippen molar-refractivity contribution < 1.29 is 9.90 Å². The zero-order valence-corrected chi connectivity index (χ0v) is 11.6. The van der Waals surface area contributed by atoms with Gasteiger partial charge in [0.2, 0.25) is 0 Å². The minimum atomic E-state index is -0.514. The molecular weight excluding hydrogens is 276 g/mol. The minimum Gasteiger partial charge on any atom is -0.507 e. The number of nitrogens with zero attached hydrogens (tertiary/aromatic N) is 1. The summed E-state index contributed by atoms with van der Waals surface area (Å²) in [5, 5.41) is 14.0. The lowest BCUT2D eigenvalue weighted by Gasteiger charge is -2.05. The topological polar surface area (TPSA) is 61.7 Å². The third-order valence-electron chi connectivity index (χ3n) is 2.72. The summed E-state index contributed by atoms with van der Waals surface area (Å²) in [5.41, 5.74) is 4.05. The molecule has 102 valence electrons. The summed E-state index contributed by atoms with van der Waals surface area (Å²) < 4.78 is 0. The van der Waals surface area contributed by atoms with E-state index in [0.29, 0.717) is 10.7 Å². The number of nitrogens with one attached hydrogen (secondary N) is 1. The number of hydrogen-bond donors (Lipinski definition) is 2. The number of rotatable bonds is 3. The van der Waals surface area contributed by atoms with E-state index in [1.54, 1.807) is 6.92 Å². The molecule has 0 saturated heterocycles. The van der Waals surface area contributed by atoms with E-state index in [-0.39, 0.29) is 11.3 Å². The number of aromatic hydroxyl groups is 1.